The lowest BCUT2D eigenvalue weighted by atomic mass is 10.1. The van der Waals surface area contributed by atoms with Crippen molar-refractivity contribution in [2.24, 2.45) is 0 Å². The Kier molecular flexibility index (Phi) is 4.27. The van der Waals surface area contributed by atoms with E-state index in [0.717, 1.165) is 11.4 Å². The van der Waals surface area contributed by atoms with Crippen LogP contribution < -0.4 is 10.2 Å². The van der Waals surface area contributed by atoms with Gasteiger partial charge in [0.1, 0.15) is 5.56 Å². The maximum atomic E-state index is 11.6. The van der Waals surface area contributed by atoms with Gasteiger partial charge >= 0.3 is 5.97 Å². The fraction of sp³-hybridized carbons (Fsp3) is 0.111. The van der Waals surface area contributed by atoms with Crippen LogP contribution in [0.15, 0.2) is 48.7 Å². The highest BCUT2D eigenvalue weighted by molar-refractivity contribution is 6.31. The molecule has 0 radical (unpaired) electrons. The van der Waals surface area contributed by atoms with Crippen LogP contribution in [0.25, 0.3) is 10.9 Å². The van der Waals surface area contributed by atoms with Crippen LogP contribution in [0.2, 0.25) is 5.02 Å². The minimum Gasteiger partial charge on any atom is -0.478 e. The molecule has 0 atom stereocenters. The van der Waals surface area contributed by atoms with E-state index < -0.39 is 5.97 Å². The number of pyridine rings is 1. The first-order valence-electron chi connectivity index (χ1n) is 7.31. The van der Waals surface area contributed by atoms with Crippen LogP contribution in [0.4, 0.5) is 17.1 Å². The van der Waals surface area contributed by atoms with Gasteiger partial charge in [-0.3, -0.25) is 4.98 Å². The van der Waals surface area contributed by atoms with Gasteiger partial charge in [0.25, 0.3) is 0 Å². The third-order valence-corrected chi connectivity index (χ3v) is 3.95. The van der Waals surface area contributed by atoms with E-state index in [0.29, 0.717) is 21.6 Å². The predicted octanol–water partition coefficient (Wildman–Crippen LogP) is 4.40. The van der Waals surface area contributed by atoms with E-state index in [-0.39, 0.29) is 5.56 Å². The fourth-order valence-corrected chi connectivity index (χ4v) is 2.62. The zero-order valence-electron chi connectivity index (χ0n) is 13.2. The number of hydrogen-bond acceptors (Lipinski definition) is 4. The van der Waals surface area contributed by atoms with Gasteiger partial charge < -0.3 is 15.3 Å². The minimum atomic E-state index is -1.04. The van der Waals surface area contributed by atoms with Crippen LogP contribution >= 0.6 is 11.6 Å². The smallest absolute Gasteiger partial charge is 0.339 e. The molecular formula is C18H16ClN3O2. The lowest BCUT2D eigenvalue weighted by Crippen LogP contribution is -2.08. The van der Waals surface area contributed by atoms with Crippen LogP contribution in [0.3, 0.4) is 0 Å². The molecule has 0 fully saturated rings. The Hall–Kier alpha value is -2.79. The molecule has 6 heteroatoms. The Labute approximate surface area is 144 Å². The van der Waals surface area contributed by atoms with Crippen molar-refractivity contribution in [1.82, 2.24) is 4.98 Å². The van der Waals surface area contributed by atoms with Crippen LogP contribution in [-0.4, -0.2) is 30.2 Å². The number of carboxylic acids is 1. The molecule has 0 saturated carbocycles. The second kappa shape index (κ2) is 6.37. The predicted molar refractivity (Wildman–Crippen MR) is 97.8 cm³/mol. The normalized spacial score (nSPS) is 10.6. The third kappa shape index (κ3) is 3.12. The van der Waals surface area contributed by atoms with E-state index in [2.05, 4.69) is 10.3 Å². The SMILES string of the molecule is CN(C)c1ccc(Nc2c(C(=O)O)cnc3ccc(Cl)cc23)cc1. The summed E-state index contributed by atoms with van der Waals surface area (Å²) >= 11 is 6.07. The molecule has 0 aliphatic rings. The van der Waals surface area contributed by atoms with Gasteiger partial charge in [0, 0.05) is 42.1 Å². The molecule has 0 unspecified atom stereocenters. The summed E-state index contributed by atoms with van der Waals surface area (Å²) in [5.74, 6) is -1.04. The molecule has 0 saturated heterocycles. The minimum absolute atomic E-state index is 0.0986. The van der Waals surface area contributed by atoms with Gasteiger partial charge in [-0.2, -0.15) is 0 Å². The van der Waals surface area contributed by atoms with Crippen molar-refractivity contribution in [2.75, 3.05) is 24.3 Å². The van der Waals surface area contributed by atoms with Crippen molar-refractivity contribution in [3.8, 4) is 0 Å². The average molecular weight is 342 g/mol. The molecular weight excluding hydrogens is 326 g/mol. The van der Waals surface area contributed by atoms with Gasteiger partial charge in [-0.05, 0) is 42.5 Å². The monoisotopic (exact) mass is 341 g/mol. The quantitative estimate of drug-likeness (QED) is 0.736. The van der Waals surface area contributed by atoms with E-state index in [9.17, 15) is 9.90 Å². The molecule has 0 aliphatic heterocycles. The van der Waals surface area contributed by atoms with Crippen molar-refractivity contribution in [1.29, 1.82) is 0 Å². The summed E-state index contributed by atoms with van der Waals surface area (Å²) in [7, 11) is 3.92. The van der Waals surface area contributed by atoms with Crippen molar-refractivity contribution >= 4 is 45.5 Å². The Morgan fingerprint density at radius 2 is 1.88 bits per heavy atom. The van der Waals surface area contributed by atoms with Crippen molar-refractivity contribution in [3.05, 3.63) is 59.2 Å². The highest BCUT2D eigenvalue weighted by atomic mass is 35.5. The first-order valence-corrected chi connectivity index (χ1v) is 7.69. The van der Waals surface area contributed by atoms with Crippen molar-refractivity contribution < 1.29 is 9.90 Å². The Morgan fingerprint density at radius 3 is 2.50 bits per heavy atom. The topological polar surface area (TPSA) is 65.5 Å². The fourth-order valence-electron chi connectivity index (χ4n) is 2.45. The first-order chi connectivity index (χ1) is 11.5. The maximum absolute atomic E-state index is 11.6. The second-order valence-electron chi connectivity index (χ2n) is 5.58. The Bertz CT molecular complexity index is 908. The molecule has 5 nitrogen and oxygen atoms in total. The number of halogens is 1. The van der Waals surface area contributed by atoms with Crippen LogP contribution in [0.1, 0.15) is 10.4 Å². The zero-order valence-corrected chi connectivity index (χ0v) is 14.0. The highest BCUT2D eigenvalue weighted by Crippen LogP contribution is 2.31. The standard InChI is InChI=1S/C18H16ClN3O2/c1-22(2)13-6-4-12(5-7-13)21-17-14-9-11(19)3-8-16(14)20-10-15(17)18(23)24/h3-10H,1-2H3,(H,20,21)(H,23,24). The zero-order chi connectivity index (χ0) is 17.3. The van der Waals surface area contributed by atoms with Crippen LogP contribution in [0, 0.1) is 0 Å². The molecule has 24 heavy (non-hydrogen) atoms. The molecule has 0 aliphatic carbocycles. The number of nitrogens with zero attached hydrogens (tertiary/aromatic N) is 2. The highest BCUT2D eigenvalue weighted by Gasteiger charge is 2.15. The average Bonchev–Trinajstić information content (AvgIpc) is 2.55. The molecule has 2 N–H and O–H groups in total. The van der Waals surface area contributed by atoms with Gasteiger partial charge in [0.05, 0.1) is 11.2 Å². The van der Waals surface area contributed by atoms with Crippen molar-refractivity contribution in [2.45, 2.75) is 0 Å². The molecule has 3 aromatic rings. The van der Waals surface area contributed by atoms with Crippen LogP contribution in [0.5, 0.6) is 0 Å². The molecule has 1 aromatic heterocycles. The van der Waals surface area contributed by atoms with E-state index in [1.165, 1.54) is 6.20 Å². The van der Waals surface area contributed by atoms with E-state index in [1.54, 1.807) is 18.2 Å². The largest absolute Gasteiger partial charge is 0.478 e. The summed E-state index contributed by atoms with van der Waals surface area (Å²) in [5.41, 5.74) is 3.10. The summed E-state index contributed by atoms with van der Waals surface area (Å²) in [4.78, 5) is 17.8. The molecule has 1 heterocycles. The number of carboxylic acid groups (broad SMARTS) is 1. The molecule has 0 spiro atoms. The number of nitrogens with one attached hydrogen (secondary N) is 1. The van der Waals surface area contributed by atoms with E-state index >= 15 is 0 Å². The molecule has 0 amide bonds. The summed E-state index contributed by atoms with van der Waals surface area (Å²) in [5, 5.41) is 13.9. The summed E-state index contributed by atoms with van der Waals surface area (Å²) in [6.45, 7) is 0. The number of aromatic carboxylic acids is 1. The van der Waals surface area contributed by atoms with E-state index in [1.807, 2.05) is 43.3 Å². The number of aromatic nitrogens is 1. The van der Waals surface area contributed by atoms with Gasteiger partial charge in [0.15, 0.2) is 0 Å². The Balaban J connectivity index is 2.10. The van der Waals surface area contributed by atoms with Gasteiger partial charge in [-0.15, -0.1) is 0 Å². The lowest BCUT2D eigenvalue weighted by molar-refractivity contribution is 0.0697. The molecule has 2 aromatic carbocycles. The lowest BCUT2D eigenvalue weighted by Gasteiger charge is -2.15. The van der Waals surface area contributed by atoms with E-state index in [4.69, 9.17) is 11.6 Å². The molecule has 122 valence electrons. The third-order valence-electron chi connectivity index (χ3n) is 3.71. The number of anilines is 3. The second-order valence-corrected chi connectivity index (χ2v) is 6.02. The number of rotatable bonds is 4. The van der Waals surface area contributed by atoms with Crippen LogP contribution in [-0.2, 0) is 0 Å². The number of fused-ring (bicyclic) bond motifs is 1. The number of hydrogen-bond donors (Lipinski definition) is 2. The number of benzene rings is 2. The summed E-state index contributed by atoms with van der Waals surface area (Å²) in [6, 6.07) is 12.9. The molecule has 0 bridgehead atoms. The summed E-state index contributed by atoms with van der Waals surface area (Å²) < 4.78 is 0. The first kappa shape index (κ1) is 16.1. The van der Waals surface area contributed by atoms with Gasteiger partial charge in [0.2, 0.25) is 0 Å². The van der Waals surface area contributed by atoms with Gasteiger partial charge in [-0.1, -0.05) is 11.6 Å². The van der Waals surface area contributed by atoms with Gasteiger partial charge in [-0.25, -0.2) is 4.79 Å². The summed E-state index contributed by atoms with van der Waals surface area (Å²) in [6.07, 6.45) is 1.36. The van der Waals surface area contributed by atoms with Crippen molar-refractivity contribution in [3.63, 3.8) is 0 Å². The number of carbonyl (C=O) groups is 1. The maximum Gasteiger partial charge on any atom is 0.339 e. The Morgan fingerprint density at radius 1 is 1.17 bits per heavy atom. The molecule has 3 rings (SSSR count).